The first-order valence-electron chi connectivity index (χ1n) is 13.7. The van der Waals surface area contributed by atoms with Crippen LogP contribution < -0.4 is 0 Å². The van der Waals surface area contributed by atoms with Crippen LogP contribution in [0.4, 0.5) is 0 Å². The second kappa shape index (κ2) is 27.5. The van der Waals surface area contributed by atoms with Gasteiger partial charge in [0.2, 0.25) is 0 Å². The molecular weight excluding hydrogens is 348 g/mol. The summed E-state index contributed by atoms with van der Waals surface area (Å²) >= 11 is 0. The van der Waals surface area contributed by atoms with E-state index in [2.05, 4.69) is 25.7 Å². The predicted molar refractivity (Wildman–Crippen MR) is 136 cm³/mol. The van der Waals surface area contributed by atoms with Gasteiger partial charge in [0.25, 0.3) is 0 Å². The number of hydrogen-bond acceptors (Lipinski definition) is 0. The molecule has 0 spiro atoms. The van der Waals surface area contributed by atoms with Gasteiger partial charge < -0.3 is 0 Å². The second-order valence-electron chi connectivity index (χ2n) is 9.23. The van der Waals surface area contributed by atoms with E-state index in [-0.39, 0.29) is 0 Å². The lowest BCUT2D eigenvalue weighted by Gasteiger charge is -2.04. The molecule has 0 rings (SSSR count). The third-order valence-corrected chi connectivity index (χ3v) is 6.25. The fourth-order valence-electron chi connectivity index (χ4n) is 4.24. The quantitative estimate of drug-likeness (QED) is 0.105. The average molecular weight is 405 g/mol. The van der Waals surface area contributed by atoms with Crippen LogP contribution in [-0.4, -0.2) is 0 Å². The summed E-state index contributed by atoms with van der Waals surface area (Å²) in [4.78, 5) is 0. The minimum absolute atomic E-state index is 1.23. The lowest BCUT2D eigenvalue weighted by Crippen LogP contribution is -1.84. The van der Waals surface area contributed by atoms with Crippen molar-refractivity contribution in [1.29, 1.82) is 0 Å². The zero-order valence-corrected chi connectivity index (χ0v) is 20.4. The second-order valence-corrected chi connectivity index (χ2v) is 9.23. The van der Waals surface area contributed by atoms with Crippen LogP contribution in [0.15, 0.2) is 24.8 Å². The highest BCUT2D eigenvalue weighted by molar-refractivity contribution is 4.96. The molecule has 0 saturated heterocycles. The molecule has 0 amide bonds. The van der Waals surface area contributed by atoms with Crippen LogP contribution in [0.3, 0.4) is 0 Å². The molecule has 0 heterocycles. The van der Waals surface area contributed by atoms with Gasteiger partial charge in [0.05, 0.1) is 0 Å². The molecule has 0 aliphatic heterocycles. The zero-order chi connectivity index (χ0) is 21.1. The Morgan fingerprint density at radius 1 is 0.414 bits per heavy atom. The normalized spacial score (nSPS) is 11.5. The zero-order valence-electron chi connectivity index (χ0n) is 20.4. The van der Waals surface area contributed by atoms with Crippen molar-refractivity contribution < 1.29 is 0 Å². The van der Waals surface area contributed by atoms with Crippen molar-refractivity contribution in [3.63, 3.8) is 0 Å². The molecule has 0 saturated carbocycles. The van der Waals surface area contributed by atoms with Gasteiger partial charge in [0.1, 0.15) is 0 Å². The first kappa shape index (κ1) is 28.5. The molecule has 0 aromatic heterocycles. The number of allylic oxidation sites excluding steroid dienone is 3. The van der Waals surface area contributed by atoms with Gasteiger partial charge in [0.15, 0.2) is 0 Å². The van der Waals surface area contributed by atoms with Gasteiger partial charge in [-0.25, -0.2) is 0 Å². The largest absolute Gasteiger partial charge is 0.0991 e. The molecule has 0 nitrogen and oxygen atoms in total. The van der Waals surface area contributed by atoms with Gasteiger partial charge in [-0.1, -0.05) is 173 Å². The first-order chi connectivity index (χ1) is 14.4. The van der Waals surface area contributed by atoms with E-state index in [1.165, 1.54) is 154 Å². The summed E-state index contributed by atoms with van der Waals surface area (Å²) in [6, 6.07) is 0. The topological polar surface area (TPSA) is 0 Å². The van der Waals surface area contributed by atoms with Crippen molar-refractivity contribution in [3.8, 4) is 0 Å². The highest BCUT2D eigenvalue weighted by Crippen LogP contribution is 2.15. The monoisotopic (exact) mass is 404 g/mol. The molecule has 0 radical (unpaired) electrons. The molecular formula is C29H56. The Labute approximate surface area is 186 Å². The predicted octanol–water partition coefficient (Wildman–Crippen LogP) is 11.1. The SMILES string of the molecule is C=CC=CCCCCCCCCCCCCCCCCCCCCCCCCC. The van der Waals surface area contributed by atoms with Crippen molar-refractivity contribution in [3.05, 3.63) is 24.8 Å². The Kier molecular flexibility index (Phi) is 27.0. The maximum atomic E-state index is 3.70. The molecule has 0 unspecified atom stereocenters. The lowest BCUT2D eigenvalue weighted by atomic mass is 10.0. The molecule has 0 heteroatoms. The lowest BCUT2D eigenvalue weighted by molar-refractivity contribution is 0.518. The molecule has 0 atom stereocenters. The van der Waals surface area contributed by atoms with E-state index in [4.69, 9.17) is 0 Å². The minimum Gasteiger partial charge on any atom is -0.0991 e. The summed E-state index contributed by atoms with van der Waals surface area (Å²) in [7, 11) is 0. The van der Waals surface area contributed by atoms with Gasteiger partial charge >= 0.3 is 0 Å². The van der Waals surface area contributed by atoms with Crippen molar-refractivity contribution in [2.45, 2.75) is 161 Å². The van der Waals surface area contributed by atoms with Crippen LogP contribution >= 0.6 is 0 Å². The Morgan fingerprint density at radius 2 is 0.690 bits per heavy atom. The van der Waals surface area contributed by atoms with Crippen molar-refractivity contribution in [1.82, 2.24) is 0 Å². The summed E-state index contributed by atoms with van der Waals surface area (Å²) in [5, 5.41) is 0. The highest BCUT2D eigenvalue weighted by Gasteiger charge is 1.95. The maximum absolute atomic E-state index is 3.70. The fraction of sp³-hybridized carbons (Fsp3) is 0.862. The molecule has 0 fully saturated rings. The van der Waals surface area contributed by atoms with E-state index in [0.717, 1.165) is 0 Å². The van der Waals surface area contributed by atoms with Gasteiger partial charge in [-0.3, -0.25) is 0 Å². The standard InChI is InChI=1S/C29H56/c1-3-5-7-9-11-13-15-17-19-21-23-25-27-29-28-26-24-22-20-18-16-14-12-10-8-6-4-2/h3,5,7H,1,4,6,8-29H2,2H3. The van der Waals surface area contributed by atoms with Crippen LogP contribution in [-0.2, 0) is 0 Å². The van der Waals surface area contributed by atoms with Crippen molar-refractivity contribution >= 4 is 0 Å². The third kappa shape index (κ3) is 27.5. The summed E-state index contributed by atoms with van der Waals surface area (Å²) in [6.07, 6.45) is 41.0. The molecule has 0 N–H and O–H groups in total. The average Bonchev–Trinajstić information content (AvgIpc) is 2.74. The fourth-order valence-corrected chi connectivity index (χ4v) is 4.24. The number of rotatable bonds is 25. The number of unbranched alkanes of at least 4 members (excludes halogenated alkanes) is 23. The Morgan fingerprint density at radius 3 is 0.966 bits per heavy atom. The smallest absolute Gasteiger partial charge is 0.0348 e. The van der Waals surface area contributed by atoms with Crippen LogP contribution in [0.2, 0.25) is 0 Å². The summed E-state index contributed by atoms with van der Waals surface area (Å²) < 4.78 is 0. The van der Waals surface area contributed by atoms with Crippen molar-refractivity contribution in [2.75, 3.05) is 0 Å². The Hall–Kier alpha value is -0.520. The molecule has 0 aliphatic rings. The summed E-state index contributed by atoms with van der Waals surface area (Å²) in [5.74, 6) is 0. The Balaban J connectivity index is 3.00. The van der Waals surface area contributed by atoms with Crippen LogP contribution in [0.25, 0.3) is 0 Å². The van der Waals surface area contributed by atoms with Gasteiger partial charge in [-0.2, -0.15) is 0 Å². The molecule has 0 bridgehead atoms. The molecule has 0 aromatic rings. The Bertz CT molecular complexity index is 314. The van der Waals surface area contributed by atoms with E-state index in [1.807, 2.05) is 6.08 Å². The third-order valence-electron chi connectivity index (χ3n) is 6.25. The molecule has 29 heavy (non-hydrogen) atoms. The maximum Gasteiger partial charge on any atom is -0.0348 e. The van der Waals surface area contributed by atoms with E-state index in [9.17, 15) is 0 Å². The van der Waals surface area contributed by atoms with Gasteiger partial charge in [-0.15, -0.1) is 0 Å². The highest BCUT2D eigenvalue weighted by atomic mass is 14.0. The molecule has 0 aromatic carbocycles. The van der Waals surface area contributed by atoms with Crippen LogP contribution in [0, 0.1) is 0 Å². The van der Waals surface area contributed by atoms with Gasteiger partial charge in [-0.05, 0) is 12.8 Å². The summed E-state index contributed by atoms with van der Waals surface area (Å²) in [6.45, 7) is 6.01. The van der Waals surface area contributed by atoms with Crippen LogP contribution in [0.1, 0.15) is 161 Å². The van der Waals surface area contributed by atoms with E-state index >= 15 is 0 Å². The van der Waals surface area contributed by atoms with E-state index in [0.29, 0.717) is 0 Å². The van der Waals surface area contributed by atoms with E-state index in [1.54, 1.807) is 0 Å². The van der Waals surface area contributed by atoms with E-state index < -0.39 is 0 Å². The summed E-state index contributed by atoms with van der Waals surface area (Å²) in [5.41, 5.74) is 0. The minimum atomic E-state index is 1.23. The van der Waals surface area contributed by atoms with Crippen molar-refractivity contribution in [2.24, 2.45) is 0 Å². The van der Waals surface area contributed by atoms with Crippen LogP contribution in [0.5, 0.6) is 0 Å². The molecule has 0 aliphatic carbocycles. The number of hydrogen-bond donors (Lipinski definition) is 0. The molecule has 172 valence electrons. The van der Waals surface area contributed by atoms with Gasteiger partial charge in [0, 0.05) is 0 Å². The first-order valence-corrected chi connectivity index (χ1v) is 13.7.